The standard InChI is InChI=1S/C15H10O8.C15H10O7.C15H10O5.H2O/c16-6-3-7(17)11-10(4-6)23-15(14(22)13(11)21)5-1-8(18)12(20)9(19)2-5;16-6-1-2-8(9(18)3-6)15-14(21)13(20)12-10(19)4-7(17)5-11(12)22-15;16-9-6-11(8-4-2-1-3-5-8)20-12-7-10(17)14(18)15(19)13(9)12;/h1-4,16-20,22H;1-5,16-19,21H;1-7,17-19H;1H2. The highest BCUT2D eigenvalue weighted by Crippen LogP contribution is 2.44. The molecular weight excluding hydrogens is 876 g/mol. The number of hydrogen-bond acceptors (Lipinski definition) is 20. The van der Waals surface area contributed by atoms with E-state index in [0.717, 1.165) is 48.5 Å². The van der Waals surface area contributed by atoms with Gasteiger partial charge in [0.15, 0.2) is 45.7 Å². The molecule has 0 atom stereocenters. The lowest BCUT2D eigenvalue weighted by atomic mass is 10.1. The maximum absolute atomic E-state index is 12.2. The number of hydrogen-bond donors (Lipinski definition) is 14. The zero-order chi connectivity index (χ0) is 47.2. The molecule has 9 rings (SSSR count). The van der Waals surface area contributed by atoms with Crippen LogP contribution in [-0.4, -0.2) is 77.0 Å². The summed E-state index contributed by atoms with van der Waals surface area (Å²) < 4.78 is 16.1. The largest absolute Gasteiger partial charge is 0.508 e. The van der Waals surface area contributed by atoms with Crippen LogP contribution in [-0.2, 0) is 0 Å². The molecule has 0 amide bonds. The molecule has 66 heavy (non-hydrogen) atoms. The fraction of sp³-hybridized carbons (Fsp3) is 0. The third-order valence-electron chi connectivity index (χ3n) is 9.43. The lowest BCUT2D eigenvalue weighted by Gasteiger charge is -2.09. The smallest absolute Gasteiger partial charge is 0.238 e. The summed E-state index contributed by atoms with van der Waals surface area (Å²) in [5.41, 5.74) is -2.20. The second-order valence-corrected chi connectivity index (χ2v) is 13.8. The minimum atomic E-state index is -0.967. The van der Waals surface area contributed by atoms with E-state index in [1.54, 1.807) is 24.3 Å². The molecular formula is C45H32O21. The Hall–Kier alpha value is -9.89. The van der Waals surface area contributed by atoms with Crippen LogP contribution < -0.4 is 16.3 Å². The molecule has 16 N–H and O–H groups in total. The van der Waals surface area contributed by atoms with Crippen LogP contribution in [0.1, 0.15) is 0 Å². The van der Waals surface area contributed by atoms with Crippen LogP contribution >= 0.6 is 0 Å². The molecule has 0 unspecified atom stereocenters. The Morgan fingerprint density at radius 1 is 0.348 bits per heavy atom. The molecule has 3 aromatic heterocycles. The van der Waals surface area contributed by atoms with Gasteiger partial charge in [0.25, 0.3) is 0 Å². The van der Waals surface area contributed by atoms with E-state index in [1.165, 1.54) is 18.2 Å². The SMILES string of the molecule is O.O=c1c(O)c(-c2cc(O)c(O)c(O)c2)oc2cc(O)cc(O)c12.O=c1c(O)c(-c2ccc(O)cc2O)oc2cc(O)cc(O)c12.O=c1cc(-c2ccccc2)oc2cc(O)c(O)c(O)c12. The second-order valence-electron chi connectivity index (χ2n) is 13.8. The van der Waals surface area contributed by atoms with Gasteiger partial charge in [0.2, 0.25) is 28.1 Å². The average Bonchev–Trinajstić information content (AvgIpc) is 3.24. The molecule has 21 nitrogen and oxygen atoms in total. The third-order valence-corrected chi connectivity index (χ3v) is 9.43. The van der Waals surface area contributed by atoms with E-state index in [9.17, 15) is 85.9 Å². The molecule has 21 heteroatoms. The molecule has 0 aliphatic rings. The van der Waals surface area contributed by atoms with Crippen molar-refractivity contribution in [2.45, 2.75) is 0 Å². The number of benzene rings is 6. The van der Waals surface area contributed by atoms with Crippen LogP contribution in [0.3, 0.4) is 0 Å². The van der Waals surface area contributed by atoms with Crippen LogP contribution in [0.25, 0.3) is 66.9 Å². The van der Waals surface area contributed by atoms with Gasteiger partial charge in [-0.15, -0.1) is 0 Å². The fourth-order valence-electron chi connectivity index (χ4n) is 6.40. The molecule has 3 heterocycles. The first-order valence-corrected chi connectivity index (χ1v) is 18.2. The first-order chi connectivity index (χ1) is 30.7. The van der Waals surface area contributed by atoms with Crippen LogP contribution in [0, 0.1) is 0 Å². The minimum absolute atomic E-state index is 0. The van der Waals surface area contributed by atoms with E-state index in [4.69, 9.17) is 13.3 Å². The van der Waals surface area contributed by atoms with Crippen molar-refractivity contribution in [1.29, 1.82) is 0 Å². The van der Waals surface area contributed by atoms with Gasteiger partial charge in [0.05, 0.1) is 5.56 Å². The van der Waals surface area contributed by atoms with E-state index in [0.29, 0.717) is 11.3 Å². The molecule has 0 saturated heterocycles. The van der Waals surface area contributed by atoms with E-state index in [2.05, 4.69) is 0 Å². The Labute approximate surface area is 364 Å². The molecule has 0 aliphatic heterocycles. The highest BCUT2D eigenvalue weighted by molar-refractivity contribution is 5.91. The summed E-state index contributed by atoms with van der Waals surface area (Å²) in [4.78, 5) is 36.4. The number of fused-ring (bicyclic) bond motifs is 3. The quantitative estimate of drug-likeness (QED) is 0.0982. The van der Waals surface area contributed by atoms with Gasteiger partial charge < -0.3 is 90.2 Å². The van der Waals surface area contributed by atoms with E-state index in [-0.39, 0.29) is 72.5 Å². The topological polar surface area (TPSA) is 405 Å². The van der Waals surface area contributed by atoms with Crippen LogP contribution in [0.5, 0.6) is 80.5 Å². The van der Waals surface area contributed by atoms with Crippen LogP contribution in [0.15, 0.2) is 125 Å². The van der Waals surface area contributed by atoms with E-state index in [1.807, 2.05) is 6.07 Å². The summed E-state index contributed by atoms with van der Waals surface area (Å²) in [7, 11) is 0. The molecule has 0 radical (unpaired) electrons. The van der Waals surface area contributed by atoms with Crippen molar-refractivity contribution in [3.05, 3.63) is 128 Å². The Morgan fingerprint density at radius 3 is 1.38 bits per heavy atom. The Morgan fingerprint density at radius 2 is 0.833 bits per heavy atom. The molecule has 0 bridgehead atoms. The summed E-state index contributed by atoms with van der Waals surface area (Å²) in [5, 5.41) is 134. The maximum atomic E-state index is 12.2. The van der Waals surface area contributed by atoms with Crippen molar-refractivity contribution in [3.63, 3.8) is 0 Å². The average molecular weight is 909 g/mol. The summed E-state index contributed by atoms with van der Waals surface area (Å²) in [6.07, 6.45) is 0. The van der Waals surface area contributed by atoms with E-state index < -0.39 is 85.3 Å². The van der Waals surface area contributed by atoms with Gasteiger partial charge in [-0.25, -0.2) is 0 Å². The summed E-state index contributed by atoms with van der Waals surface area (Å²) in [6, 6.07) is 20.7. The summed E-state index contributed by atoms with van der Waals surface area (Å²) in [6.45, 7) is 0. The van der Waals surface area contributed by atoms with Gasteiger partial charge in [-0.2, -0.15) is 0 Å². The van der Waals surface area contributed by atoms with Crippen molar-refractivity contribution in [2.24, 2.45) is 0 Å². The van der Waals surface area contributed by atoms with Gasteiger partial charge >= 0.3 is 0 Å². The lowest BCUT2D eigenvalue weighted by Crippen LogP contribution is -2.03. The predicted octanol–water partition coefficient (Wildman–Crippen LogP) is 5.43. The molecule has 0 aliphatic carbocycles. The summed E-state index contributed by atoms with van der Waals surface area (Å²) >= 11 is 0. The number of rotatable bonds is 3. The van der Waals surface area contributed by atoms with Gasteiger partial charge in [-0.05, 0) is 24.3 Å². The summed E-state index contributed by atoms with van der Waals surface area (Å²) in [5.74, 6) is -8.72. The van der Waals surface area contributed by atoms with E-state index >= 15 is 0 Å². The van der Waals surface area contributed by atoms with Gasteiger partial charge in [-0.1, -0.05) is 30.3 Å². The lowest BCUT2D eigenvalue weighted by molar-refractivity contribution is 0.368. The normalized spacial score (nSPS) is 10.7. The molecule has 0 spiro atoms. The monoisotopic (exact) mass is 908 g/mol. The van der Waals surface area contributed by atoms with Crippen molar-refractivity contribution in [2.75, 3.05) is 0 Å². The number of phenols is 12. The highest BCUT2D eigenvalue weighted by atomic mass is 16.4. The molecule has 0 fully saturated rings. The second kappa shape index (κ2) is 17.5. The zero-order valence-corrected chi connectivity index (χ0v) is 32.9. The first kappa shape index (κ1) is 45.6. The Bertz CT molecular complexity index is 3530. The van der Waals surface area contributed by atoms with Crippen molar-refractivity contribution >= 4 is 32.9 Å². The number of phenolic OH excluding ortho intramolecular Hbond substituents is 12. The predicted molar refractivity (Wildman–Crippen MR) is 231 cm³/mol. The highest BCUT2D eigenvalue weighted by Gasteiger charge is 2.23. The van der Waals surface area contributed by atoms with Crippen LogP contribution in [0.4, 0.5) is 0 Å². The Kier molecular flexibility index (Phi) is 12.1. The van der Waals surface area contributed by atoms with Gasteiger partial charge in [-0.3, -0.25) is 14.4 Å². The Balaban J connectivity index is 0.000000163. The first-order valence-electron chi connectivity index (χ1n) is 18.2. The number of aromatic hydroxyl groups is 14. The van der Waals surface area contributed by atoms with Crippen molar-refractivity contribution in [3.8, 4) is 114 Å². The van der Waals surface area contributed by atoms with Crippen molar-refractivity contribution < 1.29 is 90.2 Å². The zero-order valence-electron chi connectivity index (χ0n) is 32.9. The van der Waals surface area contributed by atoms with Gasteiger partial charge in [0, 0.05) is 53.6 Å². The maximum Gasteiger partial charge on any atom is 0.238 e. The van der Waals surface area contributed by atoms with Crippen LogP contribution in [0.2, 0.25) is 0 Å². The minimum Gasteiger partial charge on any atom is -0.508 e. The third kappa shape index (κ3) is 8.36. The molecule has 0 saturated carbocycles. The molecule has 338 valence electrons. The molecule has 9 aromatic rings. The molecule has 6 aromatic carbocycles. The van der Waals surface area contributed by atoms with Gasteiger partial charge in [0.1, 0.15) is 73.2 Å². The fourth-order valence-corrected chi connectivity index (χ4v) is 6.40. The van der Waals surface area contributed by atoms with Crippen molar-refractivity contribution in [1.82, 2.24) is 0 Å².